The minimum absolute atomic E-state index is 0.508. The van der Waals surface area contributed by atoms with Crippen LogP contribution in [0.25, 0.3) is 0 Å². The minimum Gasteiger partial charge on any atom is -0.313 e. The fourth-order valence-electron chi connectivity index (χ4n) is 2.43. The van der Waals surface area contributed by atoms with Crippen molar-refractivity contribution in [3.63, 3.8) is 0 Å². The summed E-state index contributed by atoms with van der Waals surface area (Å²) in [5, 5.41) is 3.57. The zero-order valence-corrected chi connectivity index (χ0v) is 10.7. The third-order valence-electron chi connectivity index (χ3n) is 3.50. The van der Waals surface area contributed by atoms with Gasteiger partial charge in [0.2, 0.25) is 0 Å². The maximum atomic E-state index is 4.22. The van der Waals surface area contributed by atoms with Gasteiger partial charge in [0, 0.05) is 18.3 Å². The van der Waals surface area contributed by atoms with E-state index in [2.05, 4.69) is 38.7 Å². The second-order valence-corrected chi connectivity index (χ2v) is 6.04. The fraction of sp³-hybridized carbons (Fsp3) is 1.00. The normalized spacial score (nSPS) is 29.1. The maximum absolute atomic E-state index is 4.22. The predicted molar refractivity (Wildman–Crippen MR) is 67.1 cm³/mol. The van der Waals surface area contributed by atoms with Crippen LogP contribution in [0.15, 0.2) is 0 Å². The van der Waals surface area contributed by atoms with E-state index >= 15 is 0 Å². The van der Waals surface area contributed by atoms with Gasteiger partial charge in [-0.3, -0.25) is 0 Å². The van der Waals surface area contributed by atoms with Crippen molar-refractivity contribution in [3.05, 3.63) is 0 Å². The van der Waals surface area contributed by atoms with Crippen molar-refractivity contribution in [2.45, 2.75) is 52.5 Å². The highest BCUT2D eigenvalue weighted by Gasteiger charge is 2.29. The van der Waals surface area contributed by atoms with E-state index in [4.69, 9.17) is 0 Å². The number of thiol groups is 1. The Labute approximate surface area is 94.5 Å². The topological polar surface area (TPSA) is 12.0 Å². The summed E-state index contributed by atoms with van der Waals surface area (Å²) in [5.74, 6) is 1.88. The van der Waals surface area contributed by atoms with E-state index in [-0.39, 0.29) is 0 Å². The molecule has 0 spiro atoms. The molecule has 1 fully saturated rings. The summed E-state index contributed by atoms with van der Waals surface area (Å²) in [6.07, 6.45) is 5.51. The molecular weight excluding hydrogens is 190 g/mol. The number of nitrogens with one attached hydrogen (secondary N) is 1. The number of rotatable bonds is 3. The van der Waals surface area contributed by atoms with Crippen LogP contribution in [0.3, 0.4) is 0 Å². The molecule has 1 N–H and O–H groups in total. The van der Waals surface area contributed by atoms with Gasteiger partial charge in [0.25, 0.3) is 0 Å². The maximum Gasteiger partial charge on any atom is 0.00676 e. The van der Waals surface area contributed by atoms with Crippen LogP contribution in [-0.2, 0) is 0 Å². The molecule has 14 heavy (non-hydrogen) atoms. The minimum atomic E-state index is 0.508. The Morgan fingerprint density at radius 1 is 1.14 bits per heavy atom. The monoisotopic (exact) mass is 215 g/mol. The van der Waals surface area contributed by atoms with Gasteiger partial charge >= 0.3 is 0 Å². The van der Waals surface area contributed by atoms with Gasteiger partial charge in [0.15, 0.2) is 0 Å². The third-order valence-corrected chi connectivity index (χ3v) is 3.72. The Balaban J connectivity index is 2.24. The molecule has 1 nitrogen and oxygen atoms in total. The van der Waals surface area contributed by atoms with Gasteiger partial charge in [-0.15, -0.1) is 0 Å². The summed E-state index contributed by atoms with van der Waals surface area (Å²) in [5.41, 5.74) is 0.508. The smallest absolute Gasteiger partial charge is 0.00676 e. The quantitative estimate of drug-likeness (QED) is 0.689. The van der Waals surface area contributed by atoms with Crippen molar-refractivity contribution >= 4 is 12.6 Å². The molecule has 0 aromatic heterocycles. The Morgan fingerprint density at radius 2 is 1.71 bits per heavy atom. The fourth-order valence-corrected chi connectivity index (χ4v) is 2.56. The van der Waals surface area contributed by atoms with Crippen LogP contribution < -0.4 is 5.32 Å². The standard InChI is InChI=1S/C12H25NS/c1-12(2,3)10-4-6-11(7-5-10)13-8-9-14/h10-11,13-14H,4-9H2,1-3H3. The van der Waals surface area contributed by atoms with Gasteiger partial charge < -0.3 is 5.32 Å². The lowest BCUT2D eigenvalue weighted by molar-refractivity contribution is 0.161. The van der Waals surface area contributed by atoms with Crippen LogP contribution in [0.2, 0.25) is 0 Å². The molecule has 0 aromatic rings. The molecule has 0 aliphatic heterocycles. The first-order valence-electron chi connectivity index (χ1n) is 5.88. The van der Waals surface area contributed by atoms with Gasteiger partial charge in [-0.2, -0.15) is 12.6 Å². The number of hydrogen-bond donors (Lipinski definition) is 2. The molecule has 1 saturated carbocycles. The van der Waals surface area contributed by atoms with E-state index < -0.39 is 0 Å². The Kier molecular flexibility index (Phi) is 4.78. The molecule has 0 aromatic carbocycles. The zero-order valence-electron chi connectivity index (χ0n) is 9.84. The van der Waals surface area contributed by atoms with Crippen LogP contribution >= 0.6 is 12.6 Å². The van der Waals surface area contributed by atoms with E-state index in [9.17, 15) is 0 Å². The first-order chi connectivity index (χ1) is 6.54. The molecule has 0 unspecified atom stereocenters. The Hall–Kier alpha value is 0.310. The highest BCUT2D eigenvalue weighted by atomic mass is 32.1. The van der Waals surface area contributed by atoms with Gasteiger partial charge in [0.1, 0.15) is 0 Å². The predicted octanol–water partition coefficient (Wildman–Crippen LogP) is 3.11. The molecule has 0 bridgehead atoms. The lowest BCUT2D eigenvalue weighted by Gasteiger charge is -2.37. The van der Waals surface area contributed by atoms with Crippen molar-refractivity contribution in [1.29, 1.82) is 0 Å². The largest absolute Gasteiger partial charge is 0.313 e. The van der Waals surface area contributed by atoms with Crippen molar-refractivity contribution in [3.8, 4) is 0 Å². The highest BCUT2D eigenvalue weighted by Crippen LogP contribution is 2.37. The van der Waals surface area contributed by atoms with E-state index in [1.165, 1.54) is 25.7 Å². The molecule has 1 aliphatic rings. The van der Waals surface area contributed by atoms with Gasteiger partial charge in [-0.1, -0.05) is 20.8 Å². The lowest BCUT2D eigenvalue weighted by atomic mass is 9.71. The second-order valence-electron chi connectivity index (χ2n) is 5.59. The van der Waals surface area contributed by atoms with Gasteiger partial charge in [-0.25, -0.2) is 0 Å². The number of hydrogen-bond acceptors (Lipinski definition) is 2. The highest BCUT2D eigenvalue weighted by molar-refractivity contribution is 7.80. The van der Waals surface area contributed by atoms with Crippen molar-refractivity contribution in [1.82, 2.24) is 5.32 Å². The summed E-state index contributed by atoms with van der Waals surface area (Å²) < 4.78 is 0. The van der Waals surface area contributed by atoms with E-state index in [1.807, 2.05) is 0 Å². The Bertz CT molecular complexity index is 154. The molecule has 84 valence electrons. The molecule has 0 heterocycles. The lowest BCUT2D eigenvalue weighted by Crippen LogP contribution is -2.37. The van der Waals surface area contributed by atoms with Crippen LogP contribution in [0, 0.1) is 11.3 Å². The van der Waals surface area contributed by atoms with Gasteiger partial charge in [0.05, 0.1) is 0 Å². The average molecular weight is 215 g/mol. The van der Waals surface area contributed by atoms with Crippen LogP contribution in [0.5, 0.6) is 0 Å². The zero-order chi connectivity index (χ0) is 10.6. The summed E-state index contributed by atoms with van der Waals surface area (Å²) in [6, 6.07) is 0.765. The van der Waals surface area contributed by atoms with Crippen molar-refractivity contribution in [2.24, 2.45) is 11.3 Å². The SMILES string of the molecule is CC(C)(C)C1CCC(NCCS)CC1. The molecule has 0 amide bonds. The molecule has 1 rings (SSSR count). The van der Waals surface area contributed by atoms with Crippen molar-refractivity contribution in [2.75, 3.05) is 12.3 Å². The summed E-state index contributed by atoms with van der Waals surface area (Å²) in [4.78, 5) is 0. The van der Waals surface area contributed by atoms with Gasteiger partial charge in [-0.05, 0) is 37.0 Å². The molecular formula is C12H25NS. The van der Waals surface area contributed by atoms with Crippen LogP contribution in [0.4, 0.5) is 0 Å². The molecule has 0 saturated heterocycles. The van der Waals surface area contributed by atoms with E-state index in [1.54, 1.807) is 0 Å². The second kappa shape index (κ2) is 5.41. The summed E-state index contributed by atoms with van der Waals surface area (Å²) in [6.45, 7) is 8.19. The molecule has 2 heteroatoms. The Morgan fingerprint density at radius 3 is 2.14 bits per heavy atom. The molecule has 0 atom stereocenters. The van der Waals surface area contributed by atoms with Crippen LogP contribution in [-0.4, -0.2) is 18.3 Å². The first kappa shape index (κ1) is 12.4. The molecule has 0 radical (unpaired) electrons. The average Bonchev–Trinajstić information content (AvgIpc) is 2.14. The van der Waals surface area contributed by atoms with Crippen LogP contribution in [0.1, 0.15) is 46.5 Å². The molecule has 1 aliphatic carbocycles. The summed E-state index contributed by atoms with van der Waals surface area (Å²) in [7, 11) is 0. The van der Waals surface area contributed by atoms with E-state index in [0.717, 1.165) is 24.3 Å². The van der Waals surface area contributed by atoms with Crippen molar-refractivity contribution < 1.29 is 0 Å². The summed E-state index contributed by atoms with van der Waals surface area (Å²) >= 11 is 4.22. The van der Waals surface area contributed by atoms with E-state index in [0.29, 0.717) is 5.41 Å². The first-order valence-corrected chi connectivity index (χ1v) is 6.51. The third kappa shape index (κ3) is 3.82.